The number of quaternary nitrogens is 1. The highest BCUT2D eigenvalue weighted by Gasteiger charge is 2.95. The minimum atomic E-state index is -8.72. The number of nitrogens with one attached hydrogen (secondary N) is 1. The third-order valence-electron chi connectivity index (χ3n) is 6.79. The lowest BCUT2D eigenvalue weighted by molar-refractivity contribution is -0.461. The molecule has 0 fully saturated rings. The molecular weight excluding hydrogens is 663 g/mol. The molecule has 2 rings (SSSR count). The maximum Gasteiger partial charge on any atom is 0.460 e. The van der Waals surface area contributed by atoms with Crippen molar-refractivity contribution >= 4 is 11.6 Å². The van der Waals surface area contributed by atoms with Gasteiger partial charge in [0.25, 0.3) is 0 Å². The van der Waals surface area contributed by atoms with Crippen LogP contribution in [0.1, 0.15) is 18.4 Å². The van der Waals surface area contributed by atoms with Crippen LogP contribution in [0.2, 0.25) is 0 Å². The Labute approximate surface area is 234 Å². The number of hydrogen-bond donors (Lipinski definition) is 3. The predicted molar refractivity (Wildman–Crippen MR) is 114 cm³/mol. The third kappa shape index (κ3) is 5.54. The number of alkyl halides is 17. The Bertz CT molecular complexity index is 1260. The molecular formula is C22H20F17N2O3+. The van der Waals surface area contributed by atoms with Crippen molar-refractivity contribution in [1.29, 1.82) is 0 Å². The van der Waals surface area contributed by atoms with Crippen LogP contribution >= 0.6 is 0 Å². The first-order chi connectivity index (χ1) is 19.2. The van der Waals surface area contributed by atoms with Crippen molar-refractivity contribution in [1.82, 2.24) is 9.80 Å². The van der Waals surface area contributed by atoms with Gasteiger partial charge in [0.1, 0.15) is 12.2 Å². The standard InChI is InChI=1S/C22H19F17N2O3/c1-41(2)8-10(5-9-6-12(42)13(43)7-11(9)41)40-14(44)3-4-15(23,24)16(25,26)17(27,28)18(29,30)19(31,32)20(33,34)21(35,36)22(37,38)39/h6-7,10H,3-5,8H2,1-2H3,(H2-,40,42,43,44)/p+1. The van der Waals surface area contributed by atoms with Crippen LogP contribution in [0.5, 0.6) is 11.5 Å². The summed E-state index contributed by atoms with van der Waals surface area (Å²) in [6.07, 6.45) is -12.9. The first-order valence-electron chi connectivity index (χ1n) is 11.6. The van der Waals surface area contributed by atoms with E-state index in [4.69, 9.17) is 0 Å². The lowest BCUT2D eigenvalue weighted by Crippen LogP contribution is -2.74. The lowest BCUT2D eigenvalue weighted by atomic mass is 9.88. The molecule has 0 aromatic heterocycles. The van der Waals surface area contributed by atoms with Crippen LogP contribution in [-0.2, 0) is 11.2 Å². The van der Waals surface area contributed by atoms with Crippen LogP contribution in [0.25, 0.3) is 0 Å². The van der Waals surface area contributed by atoms with E-state index in [1.54, 1.807) is 0 Å². The maximum atomic E-state index is 14.1. The summed E-state index contributed by atoms with van der Waals surface area (Å²) in [5.74, 6) is -60.0. The first kappa shape index (κ1) is 37.2. The molecule has 1 aliphatic rings. The van der Waals surface area contributed by atoms with Crippen LogP contribution in [0, 0.1) is 0 Å². The van der Waals surface area contributed by atoms with Gasteiger partial charge in [0.15, 0.2) is 11.5 Å². The predicted octanol–water partition coefficient (Wildman–Crippen LogP) is 6.50. The number of carbonyl (C=O) groups excluding carboxylic acids is 1. The summed E-state index contributed by atoms with van der Waals surface area (Å²) < 4.78 is 227. The monoisotopic (exact) mass is 683 g/mol. The van der Waals surface area contributed by atoms with Crippen molar-refractivity contribution in [3.05, 3.63) is 17.7 Å². The van der Waals surface area contributed by atoms with E-state index >= 15 is 0 Å². The normalized spacial score (nSPS) is 19.0. The van der Waals surface area contributed by atoms with Crippen molar-refractivity contribution in [2.75, 3.05) is 20.6 Å². The van der Waals surface area contributed by atoms with Crippen molar-refractivity contribution in [2.45, 2.75) is 72.9 Å². The summed E-state index contributed by atoms with van der Waals surface area (Å²) >= 11 is 0. The van der Waals surface area contributed by atoms with Gasteiger partial charge in [-0.15, -0.1) is 0 Å². The summed E-state index contributed by atoms with van der Waals surface area (Å²) in [4.78, 5) is 12.1. The van der Waals surface area contributed by atoms with Crippen molar-refractivity contribution in [2.24, 2.45) is 0 Å². The lowest BCUT2D eigenvalue weighted by Gasteiger charge is -2.42. The Balaban J connectivity index is 2.29. The number of rotatable bonds is 10. The van der Waals surface area contributed by atoms with Crippen LogP contribution in [0.3, 0.4) is 0 Å². The summed E-state index contributed by atoms with van der Waals surface area (Å²) in [7, 11) is 2.96. The third-order valence-corrected chi connectivity index (χ3v) is 6.79. The second-order valence-corrected chi connectivity index (χ2v) is 10.5. The molecule has 0 radical (unpaired) electrons. The molecule has 1 aliphatic heterocycles. The molecule has 1 heterocycles. The van der Waals surface area contributed by atoms with E-state index in [1.807, 2.05) is 5.32 Å². The minimum Gasteiger partial charge on any atom is -0.504 e. The second kappa shape index (κ2) is 10.6. The number of aromatic hydroxyl groups is 2. The van der Waals surface area contributed by atoms with Gasteiger partial charge in [0.05, 0.1) is 20.1 Å². The molecule has 0 spiro atoms. The van der Waals surface area contributed by atoms with Crippen LogP contribution in [-0.4, -0.2) is 90.4 Å². The van der Waals surface area contributed by atoms with Gasteiger partial charge < -0.3 is 15.5 Å². The Kier molecular flexibility index (Phi) is 8.94. The zero-order valence-corrected chi connectivity index (χ0v) is 21.7. The number of phenolic OH excluding ortho intramolecular Hbond substituents is 2. The molecule has 0 bridgehead atoms. The summed E-state index contributed by atoms with van der Waals surface area (Å²) in [5.41, 5.74) is 0.643. The van der Waals surface area contributed by atoms with Gasteiger partial charge in [-0.2, -0.15) is 74.6 Å². The fourth-order valence-electron chi connectivity index (χ4n) is 4.34. The number of fused-ring (bicyclic) bond motifs is 1. The molecule has 0 saturated heterocycles. The van der Waals surface area contributed by atoms with Crippen LogP contribution < -0.4 is 9.80 Å². The van der Waals surface area contributed by atoms with Gasteiger partial charge in [-0.25, -0.2) is 0 Å². The molecule has 0 saturated carbocycles. The molecule has 1 aromatic rings. The molecule has 1 aromatic carbocycles. The number of carbonyl (C=O) groups is 1. The average Bonchev–Trinajstić information content (AvgIpc) is 2.82. The average molecular weight is 683 g/mol. The molecule has 22 heteroatoms. The van der Waals surface area contributed by atoms with Crippen LogP contribution in [0.15, 0.2) is 12.1 Å². The zero-order valence-electron chi connectivity index (χ0n) is 21.7. The fourth-order valence-corrected chi connectivity index (χ4v) is 4.34. The molecule has 5 nitrogen and oxygen atoms in total. The highest BCUT2D eigenvalue weighted by Crippen LogP contribution is 2.64. The van der Waals surface area contributed by atoms with Gasteiger partial charge >= 0.3 is 47.6 Å². The van der Waals surface area contributed by atoms with Crippen molar-refractivity contribution in [3.63, 3.8) is 0 Å². The summed E-state index contributed by atoms with van der Waals surface area (Å²) in [6, 6.07) is 1.11. The molecule has 1 amide bonds. The number of benzene rings is 1. The molecule has 0 aliphatic carbocycles. The number of hydrogen-bond acceptors (Lipinski definition) is 3. The number of phenols is 2. The number of nitrogens with zero attached hydrogens (tertiary/aromatic N) is 1. The quantitative estimate of drug-likeness (QED) is 0.150. The summed E-state index contributed by atoms with van der Waals surface area (Å²) in [5, 5.41) is 21.3. The Morgan fingerprint density at radius 1 is 0.727 bits per heavy atom. The SMILES string of the molecule is C[N+]1(C)CC(NC(=O)CCC(F)(F)C(F)(F)C(F)(F)C(F)(F)C(F)(F)C(F)(F)C(F)(F)C(F)(F)F)Cc2cc(O)c(O)cc21. The van der Waals surface area contributed by atoms with E-state index in [-0.39, 0.29) is 23.0 Å². The molecule has 3 N–H and O–H groups in total. The maximum absolute atomic E-state index is 14.1. The van der Waals surface area contributed by atoms with Gasteiger partial charge in [-0.05, 0) is 6.07 Å². The highest BCUT2D eigenvalue weighted by atomic mass is 19.4. The van der Waals surface area contributed by atoms with E-state index in [0.717, 1.165) is 12.1 Å². The fraction of sp³-hybridized carbons (Fsp3) is 0.682. The highest BCUT2D eigenvalue weighted by molar-refractivity contribution is 5.76. The zero-order chi connectivity index (χ0) is 34.9. The van der Waals surface area contributed by atoms with E-state index in [1.165, 1.54) is 14.1 Å². The van der Waals surface area contributed by atoms with Gasteiger partial charge in [-0.3, -0.25) is 9.28 Å². The van der Waals surface area contributed by atoms with Gasteiger partial charge in [0, 0.05) is 30.9 Å². The largest absolute Gasteiger partial charge is 0.504 e. The Morgan fingerprint density at radius 3 is 1.59 bits per heavy atom. The van der Waals surface area contributed by atoms with E-state index in [9.17, 15) is 89.6 Å². The first-order valence-corrected chi connectivity index (χ1v) is 11.6. The summed E-state index contributed by atoms with van der Waals surface area (Å²) in [6.45, 7) is -0.119. The van der Waals surface area contributed by atoms with Crippen molar-refractivity contribution < 1.29 is 89.6 Å². The number of halogens is 17. The Hall–Kier alpha value is -2.94. The number of likely N-dealkylation sites (N-methyl/N-ethyl adjacent to an activating group) is 1. The van der Waals surface area contributed by atoms with E-state index in [2.05, 4.69) is 0 Å². The molecule has 44 heavy (non-hydrogen) atoms. The van der Waals surface area contributed by atoms with E-state index in [0.29, 0.717) is 5.69 Å². The Morgan fingerprint density at radius 2 is 1.14 bits per heavy atom. The smallest absolute Gasteiger partial charge is 0.460 e. The van der Waals surface area contributed by atoms with Gasteiger partial charge in [-0.1, -0.05) is 0 Å². The number of amides is 1. The van der Waals surface area contributed by atoms with Crippen LogP contribution in [0.4, 0.5) is 80.3 Å². The minimum absolute atomic E-state index is 0.119. The molecule has 254 valence electrons. The topological polar surface area (TPSA) is 69.6 Å². The molecule has 1 atom stereocenters. The van der Waals surface area contributed by atoms with E-state index < -0.39 is 83.9 Å². The van der Waals surface area contributed by atoms with Gasteiger partial charge in [0.2, 0.25) is 5.91 Å². The van der Waals surface area contributed by atoms with Crippen molar-refractivity contribution in [3.8, 4) is 11.5 Å². The second-order valence-electron chi connectivity index (χ2n) is 10.5. The molecule has 1 unspecified atom stereocenters.